The van der Waals surface area contributed by atoms with Crippen molar-refractivity contribution in [3.05, 3.63) is 40.9 Å². The van der Waals surface area contributed by atoms with Crippen LogP contribution in [0.1, 0.15) is 37.8 Å². The van der Waals surface area contributed by atoms with Crippen LogP contribution >= 0.6 is 0 Å². The van der Waals surface area contributed by atoms with Crippen LogP contribution in [0.4, 0.5) is 4.39 Å². The molecule has 26 heavy (non-hydrogen) atoms. The molecule has 0 spiro atoms. The number of halogens is 1. The summed E-state index contributed by atoms with van der Waals surface area (Å²) in [5, 5.41) is 9.55. The zero-order valence-electron chi connectivity index (χ0n) is 15.8. The van der Waals surface area contributed by atoms with E-state index in [2.05, 4.69) is 58.2 Å². The Morgan fingerprint density at radius 1 is 1.31 bits per heavy atom. The number of H-pyrrole nitrogens is 2. The number of aliphatic imine (C=N–C) groups is 2. The van der Waals surface area contributed by atoms with Gasteiger partial charge >= 0.3 is 0 Å². The Bertz CT molecular complexity index is 822. The van der Waals surface area contributed by atoms with Crippen molar-refractivity contribution in [1.82, 2.24) is 15.5 Å². The van der Waals surface area contributed by atoms with Gasteiger partial charge in [0.15, 0.2) is 5.83 Å². The lowest BCUT2D eigenvalue weighted by Crippen LogP contribution is -2.09. The quantitative estimate of drug-likeness (QED) is 0.428. The number of aromatic nitrogens is 2. The summed E-state index contributed by atoms with van der Waals surface area (Å²) in [6.45, 7) is 8.90. The Kier molecular flexibility index (Phi) is 7.53. The number of hydrogen-bond donors (Lipinski definition) is 3. The molecule has 0 radical (unpaired) electrons. The fourth-order valence-corrected chi connectivity index (χ4v) is 3.01. The summed E-state index contributed by atoms with van der Waals surface area (Å²) >= 11 is 0. The fourth-order valence-electron chi connectivity index (χ4n) is 3.01. The summed E-state index contributed by atoms with van der Waals surface area (Å²) in [7, 11) is 1.94. The summed E-state index contributed by atoms with van der Waals surface area (Å²) in [4.78, 5) is 7.66. The second-order valence-corrected chi connectivity index (χ2v) is 6.23. The Balaban J connectivity index is 2.31. The first kappa shape index (κ1) is 19.8. The molecule has 0 saturated carbocycles. The van der Waals surface area contributed by atoms with Crippen LogP contribution in [0.25, 0.3) is 16.6 Å². The minimum absolute atomic E-state index is 0.464. The zero-order chi connectivity index (χ0) is 18.9. The molecule has 0 aliphatic carbocycles. The van der Waals surface area contributed by atoms with Gasteiger partial charge in [-0.05, 0) is 63.2 Å². The van der Waals surface area contributed by atoms with Crippen molar-refractivity contribution in [3.63, 3.8) is 0 Å². The van der Waals surface area contributed by atoms with Crippen LogP contribution in [0.2, 0.25) is 0 Å². The van der Waals surface area contributed by atoms with Gasteiger partial charge in [-0.1, -0.05) is 19.1 Å². The molecule has 0 aliphatic heterocycles. The maximum absolute atomic E-state index is 13.4. The molecule has 1 heterocycles. The molecule has 0 aliphatic rings. The van der Waals surface area contributed by atoms with Crippen LogP contribution in [0.5, 0.6) is 0 Å². The van der Waals surface area contributed by atoms with E-state index in [0.717, 1.165) is 37.5 Å². The summed E-state index contributed by atoms with van der Waals surface area (Å²) in [5.41, 5.74) is 7.18. The second kappa shape index (κ2) is 9.87. The number of aryl methyl sites for hydroxylation is 1. The Morgan fingerprint density at radius 3 is 2.69 bits per heavy atom. The number of nitrogens with one attached hydrogen (secondary N) is 3. The van der Waals surface area contributed by atoms with Crippen molar-refractivity contribution in [3.8, 4) is 0 Å². The maximum Gasteiger partial charge on any atom is 0.159 e. The molecule has 0 saturated heterocycles. The van der Waals surface area contributed by atoms with Crippen LogP contribution in [-0.2, 0) is 6.42 Å². The van der Waals surface area contributed by atoms with Gasteiger partial charge in [0.1, 0.15) is 0 Å². The number of nitrogens with zero attached hydrogens (tertiary/aromatic N) is 2. The van der Waals surface area contributed by atoms with E-state index in [1.807, 2.05) is 7.05 Å². The Morgan fingerprint density at radius 2 is 2.08 bits per heavy atom. The highest BCUT2D eigenvalue weighted by atomic mass is 19.1. The summed E-state index contributed by atoms with van der Waals surface area (Å²) in [5.74, 6) is -0.491. The van der Waals surface area contributed by atoms with E-state index in [-0.39, 0.29) is 0 Å². The number of fused-ring (bicyclic) bond motifs is 1. The van der Waals surface area contributed by atoms with Gasteiger partial charge in [0.05, 0.1) is 30.0 Å². The third-order valence-electron chi connectivity index (χ3n) is 4.54. The van der Waals surface area contributed by atoms with Crippen molar-refractivity contribution in [2.75, 3.05) is 20.1 Å². The number of aromatic amines is 2. The molecule has 2 rings (SSSR count). The molecule has 0 fully saturated rings. The zero-order valence-corrected chi connectivity index (χ0v) is 15.8. The van der Waals surface area contributed by atoms with E-state index in [1.165, 1.54) is 34.0 Å². The molecule has 5 nitrogen and oxygen atoms in total. The maximum atomic E-state index is 13.4. The number of hydrogen-bond acceptors (Lipinski definition) is 3. The standard InChI is InChI=1S/C20H28FN5/c1-5-15-8-9-18(20-19(15)25-26-20)14(2)16(7-6-10-22-3)11-24-13-17(21)12-23-4/h8-9,12-13,22,25-26H,4-7,10-11H2,1-3H3/b16-14-,17-12+,24-13?. The fraction of sp³-hybridized carbons (Fsp3) is 0.400. The molecule has 0 unspecified atom stereocenters. The average Bonchev–Trinajstić information content (AvgIpc) is 2.60. The van der Waals surface area contributed by atoms with Crippen LogP contribution in [0.15, 0.2) is 39.7 Å². The van der Waals surface area contributed by atoms with Gasteiger partial charge in [-0.25, -0.2) is 4.39 Å². The molecule has 3 N–H and O–H groups in total. The third-order valence-corrected chi connectivity index (χ3v) is 4.54. The Hall–Kier alpha value is -2.47. The van der Waals surface area contributed by atoms with Gasteiger partial charge in [-0.15, -0.1) is 0 Å². The molecule has 0 amide bonds. The first-order valence-electron chi connectivity index (χ1n) is 8.95. The second-order valence-electron chi connectivity index (χ2n) is 6.23. The van der Waals surface area contributed by atoms with Gasteiger partial charge in [0.2, 0.25) is 0 Å². The monoisotopic (exact) mass is 357 g/mol. The highest BCUT2D eigenvalue weighted by molar-refractivity contribution is 5.92. The van der Waals surface area contributed by atoms with E-state index in [9.17, 15) is 4.39 Å². The molecule has 140 valence electrons. The predicted octanol–water partition coefficient (Wildman–Crippen LogP) is 4.41. The lowest BCUT2D eigenvalue weighted by molar-refractivity contribution is 0.682. The van der Waals surface area contributed by atoms with Crippen LogP contribution in [0, 0.1) is 0 Å². The predicted molar refractivity (Wildman–Crippen MR) is 110 cm³/mol. The minimum Gasteiger partial charge on any atom is -0.320 e. The lowest BCUT2D eigenvalue weighted by Gasteiger charge is -2.17. The van der Waals surface area contributed by atoms with Crippen LogP contribution in [0.3, 0.4) is 0 Å². The normalized spacial score (nSPS) is 13.6. The van der Waals surface area contributed by atoms with Crippen LogP contribution in [-0.4, -0.2) is 43.3 Å². The molecular weight excluding hydrogens is 329 g/mol. The first-order valence-corrected chi connectivity index (χ1v) is 8.95. The van der Waals surface area contributed by atoms with Crippen molar-refractivity contribution >= 4 is 29.5 Å². The van der Waals surface area contributed by atoms with Gasteiger partial charge < -0.3 is 5.32 Å². The SMILES string of the molecule is C=N/C=C(/F)C=NC/C(CCCNC)=C(/C)c1ccc(CC)c2[nH][nH]c12. The number of allylic oxidation sites excluding steroid dienone is 2. The van der Waals surface area contributed by atoms with E-state index < -0.39 is 5.83 Å². The van der Waals surface area contributed by atoms with Gasteiger partial charge in [-0.2, -0.15) is 0 Å². The van der Waals surface area contributed by atoms with Crippen molar-refractivity contribution in [2.45, 2.75) is 33.1 Å². The smallest absolute Gasteiger partial charge is 0.159 e. The largest absolute Gasteiger partial charge is 0.320 e. The topological polar surface area (TPSA) is 68.3 Å². The Labute approximate surface area is 154 Å². The molecule has 1 aromatic carbocycles. The molecular formula is C20H28FN5. The van der Waals surface area contributed by atoms with Crippen LogP contribution < -0.4 is 5.32 Å². The van der Waals surface area contributed by atoms with E-state index in [1.54, 1.807) is 0 Å². The van der Waals surface area contributed by atoms with E-state index >= 15 is 0 Å². The van der Waals surface area contributed by atoms with Crippen molar-refractivity contribution < 1.29 is 4.39 Å². The highest BCUT2D eigenvalue weighted by Gasteiger charge is 2.13. The minimum atomic E-state index is -0.491. The number of benzene rings is 1. The third kappa shape index (κ3) is 4.79. The number of rotatable bonds is 10. The summed E-state index contributed by atoms with van der Waals surface area (Å²) in [6.07, 6.45) is 5.17. The van der Waals surface area contributed by atoms with Gasteiger partial charge in [0.25, 0.3) is 0 Å². The van der Waals surface area contributed by atoms with Gasteiger partial charge in [0, 0.05) is 5.56 Å². The highest BCUT2D eigenvalue weighted by Crippen LogP contribution is 2.30. The van der Waals surface area contributed by atoms with E-state index in [0.29, 0.717) is 6.54 Å². The van der Waals surface area contributed by atoms with E-state index in [4.69, 9.17) is 0 Å². The molecule has 0 bridgehead atoms. The molecule has 2 aromatic rings. The van der Waals surface area contributed by atoms with Crippen molar-refractivity contribution in [1.29, 1.82) is 0 Å². The lowest BCUT2D eigenvalue weighted by atomic mass is 9.95. The average molecular weight is 357 g/mol. The first-order chi connectivity index (χ1) is 12.6. The summed E-state index contributed by atoms with van der Waals surface area (Å²) in [6, 6.07) is 4.32. The molecule has 1 aromatic heterocycles. The molecule has 0 atom stereocenters. The summed E-state index contributed by atoms with van der Waals surface area (Å²) < 4.78 is 13.4. The van der Waals surface area contributed by atoms with Crippen molar-refractivity contribution in [2.24, 2.45) is 9.98 Å². The molecule has 6 heteroatoms. The van der Waals surface area contributed by atoms with Gasteiger partial charge in [-0.3, -0.25) is 20.2 Å².